The van der Waals surface area contributed by atoms with Gasteiger partial charge in [-0.15, -0.1) is 6.58 Å². The van der Waals surface area contributed by atoms with Crippen molar-refractivity contribution in [3.05, 3.63) is 34.2 Å². The molecule has 1 aromatic heterocycles. The molecule has 1 aliphatic rings. The summed E-state index contributed by atoms with van der Waals surface area (Å²) in [5.41, 5.74) is 0.272. The van der Waals surface area contributed by atoms with Crippen LogP contribution < -0.4 is 10.9 Å². The van der Waals surface area contributed by atoms with Crippen LogP contribution in [0.1, 0.15) is 13.3 Å². The molecule has 2 heterocycles. The zero-order valence-corrected chi connectivity index (χ0v) is 11.7. The molecule has 0 saturated carbocycles. The SMILES string of the molecule is C=CCn1ncc(NCC2CCOC2C)c(Cl)c1=O. The summed E-state index contributed by atoms with van der Waals surface area (Å²) in [4.78, 5) is 11.9. The van der Waals surface area contributed by atoms with Crippen molar-refractivity contribution < 1.29 is 4.74 Å². The predicted octanol–water partition coefficient (Wildman–Crippen LogP) is 1.92. The molecule has 1 aromatic rings. The topological polar surface area (TPSA) is 56.1 Å². The number of halogens is 1. The van der Waals surface area contributed by atoms with Gasteiger partial charge < -0.3 is 10.1 Å². The molecule has 1 fully saturated rings. The average molecular weight is 284 g/mol. The molecule has 0 spiro atoms. The zero-order chi connectivity index (χ0) is 13.8. The Morgan fingerprint density at radius 1 is 1.74 bits per heavy atom. The van der Waals surface area contributed by atoms with Crippen LogP contribution in [0.15, 0.2) is 23.6 Å². The van der Waals surface area contributed by atoms with Gasteiger partial charge >= 0.3 is 0 Å². The average Bonchev–Trinajstić information content (AvgIpc) is 2.80. The fourth-order valence-corrected chi connectivity index (χ4v) is 2.34. The summed E-state index contributed by atoms with van der Waals surface area (Å²) in [6.45, 7) is 7.51. The zero-order valence-electron chi connectivity index (χ0n) is 10.9. The summed E-state index contributed by atoms with van der Waals surface area (Å²) in [6, 6.07) is 0. The van der Waals surface area contributed by atoms with Gasteiger partial charge in [0, 0.05) is 19.1 Å². The van der Waals surface area contributed by atoms with E-state index < -0.39 is 0 Å². The second-order valence-corrected chi connectivity index (χ2v) is 5.03. The molecule has 19 heavy (non-hydrogen) atoms. The van der Waals surface area contributed by atoms with Crippen LogP contribution in [0.5, 0.6) is 0 Å². The molecule has 0 aromatic carbocycles. The van der Waals surface area contributed by atoms with Crippen molar-refractivity contribution >= 4 is 17.3 Å². The van der Waals surface area contributed by atoms with Crippen LogP contribution in [-0.4, -0.2) is 29.0 Å². The number of rotatable bonds is 5. The first kappa shape index (κ1) is 14.1. The minimum Gasteiger partial charge on any atom is -0.382 e. The van der Waals surface area contributed by atoms with Crippen LogP contribution in [0.2, 0.25) is 5.02 Å². The number of aromatic nitrogens is 2. The third kappa shape index (κ3) is 3.16. The summed E-state index contributed by atoms with van der Waals surface area (Å²) in [6.07, 6.45) is 4.44. The van der Waals surface area contributed by atoms with Crippen molar-refractivity contribution in [3.8, 4) is 0 Å². The summed E-state index contributed by atoms with van der Waals surface area (Å²) in [7, 11) is 0. The highest BCUT2D eigenvalue weighted by Crippen LogP contribution is 2.22. The highest BCUT2D eigenvalue weighted by atomic mass is 35.5. The Morgan fingerprint density at radius 2 is 2.53 bits per heavy atom. The second-order valence-electron chi connectivity index (χ2n) is 4.65. The van der Waals surface area contributed by atoms with Crippen LogP contribution in [-0.2, 0) is 11.3 Å². The third-order valence-electron chi connectivity index (χ3n) is 3.37. The molecule has 0 radical (unpaired) electrons. The van der Waals surface area contributed by atoms with Gasteiger partial charge in [0.15, 0.2) is 0 Å². The molecule has 104 valence electrons. The third-order valence-corrected chi connectivity index (χ3v) is 3.74. The van der Waals surface area contributed by atoms with Gasteiger partial charge in [-0.1, -0.05) is 17.7 Å². The molecule has 1 saturated heterocycles. The van der Waals surface area contributed by atoms with Crippen LogP contribution in [0.3, 0.4) is 0 Å². The monoisotopic (exact) mass is 283 g/mol. The minimum atomic E-state index is -0.303. The lowest BCUT2D eigenvalue weighted by Crippen LogP contribution is -2.26. The molecule has 2 rings (SSSR count). The molecular weight excluding hydrogens is 266 g/mol. The maximum atomic E-state index is 11.9. The number of hydrogen-bond acceptors (Lipinski definition) is 4. The van der Waals surface area contributed by atoms with Gasteiger partial charge in [-0.05, 0) is 13.3 Å². The van der Waals surface area contributed by atoms with Crippen LogP contribution in [0, 0.1) is 5.92 Å². The number of hydrogen-bond donors (Lipinski definition) is 1. The van der Waals surface area contributed by atoms with Gasteiger partial charge in [-0.3, -0.25) is 4.79 Å². The van der Waals surface area contributed by atoms with E-state index in [1.54, 1.807) is 12.3 Å². The summed E-state index contributed by atoms with van der Waals surface area (Å²) in [5, 5.41) is 7.40. The Hall–Kier alpha value is -1.33. The van der Waals surface area contributed by atoms with Gasteiger partial charge in [0.2, 0.25) is 0 Å². The van der Waals surface area contributed by atoms with E-state index in [2.05, 4.69) is 23.9 Å². The Bertz CT molecular complexity index is 515. The van der Waals surface area contributed by atoms with Crippen molar-refractivity contribution in [1.82, 2.24) is 9.78 Å². The van der Waals surface area contributed by atoms with E-state index in [1.165, 1.54) is 4.68 Å². The summed E-state index contributed by atoms with van der Waals surface area (Å²) >= 11 is 6.05. The Morgan fingerprint density at radius 3 is 3.16 bits per heavy atom. The van der Waals surface area contributed by atoms with Crippen molar-refractivity contribution in [2.45, 2.75) is 26.0 Å². The smallest absolute Gasteiger partial charge is 0.287 e. The Labute approximate surface area is 117 Å². The van der Waals surface area contributed by atoms with E-state index in [4.69, 9.17) is 16.3 Å². The standard InChI is InChI=1S/C13H18ClN3O2/c1-3-5-17-13(18)12(14)11(8-16-17)15-7-10-4-6-19-9(10)2/h3,8-10,15H,1,4-7H2,2H3. The van der Waals surface area contributed by atoms with Gasteiger partial charge in [-0.25, -0.2) is 4.68 Å². The van der Waals surface area contributed by atoms with Gasteiger partial charge in [0.1, 0.15) is 5.02 Å². The number of nitrogens with zero attached hydrogens (tertiary/aromatic N) is 2. The van der Waals surface area contributed by atoms with Gasteiger partial charge in [-0.2, -0.15) is 5.10 Å². The molecule has 2 atom stereocenters. The lowest BCUT2D eigenvalue weighted by atomic mass is 10.0. The first-order chi connectivity index (χ1) is 9.13. The first-order valence-corrected chi connectivity index (χ1v) is 6.73. The second kappa shape index (κ2) is 6.21. The number of anilines is 1. The number of nitrogens with one attached hydrogen (secondary N) is 1. The lowest BCUT2D eigenvalue weighted by molar-refractivity contribution is 0.108. The molecule has 0 bridgehead atoms. The fraction of sp³-hybridized carbons (Fsp3) is 0.538. The molecule has 0 amide bonds. The van der Waals surface area contributed by atoms with Gasteiger partial charge in [0.05, 0.1) is 24.5 Å². The maximum absolute atomic E-state index is 11.9. The van der Waals surface area contributed by atoms with E-state index in [0.29, 0.717) is 18.2 Å². The summed E-state index contributed by atoms with van der Waals surface area (Å²) in [5.74, 6) is 0.437. The van der Waals surface area contributed by atoms with Gasteiger partial charge in [0.25, 0.3) is 5.56 Å². The van der Waals surface area contributed by atoms with E-state index in [-0.39, 0.29) is 16.7 Å². The van der Waals surface area contributed by atoms with Crippen LogP contribution >= 0.6 is 11.6 Å². The minimum absolute atomic E-state index is 0.170. The van der Waals surface area contributed by atoms with E-state index in [1.807, 2.05) is 0 Å². The van der Waals surface area contributed by atoms with E-state index in [9.17, 15) is 4.79 Å². The van der Waals surface area contributed by atoms with Crippen molar-refractivity contribution in [3.63, 3.8) is 0 Å². The number of ether oxygens (including phenoxy) is 1. The number of allylic oxidation sites excluding steroid dienone is 1. The largest absolute Gasteiger partial charge is 0.382 e. The van der Waals surface area contributed by atoms with E-state index in [0.717, 1.165) is 19.6 Å². The molecule has 6 heteroatoms. The molecule has 0 aliphatic carbocycles. The van der Waals surface area contributed by atoms with Crippen molar-refractivity contribution in [2.24, 2.45) is 5.92 Å². The first-order valence-electron chi connectivity index (χ1n) is 6.35. The molecule has 5 nitrogen and oxygen atoms in total. The maximum Gasteiger partial charge on any atom is 0.287 e. The molecular formula is C13H18ClN3O2. The highest BCUT2D eigenvalue weighted by molar-refractivity contribution is 6.32. The quantitative estimate of drug-likeness (QED) is 0.839. The van der Waals surface area contributed by atoms with Crippen molar-refractivity contribution in [2.75, 3.05) is 18.5 Å². The molecule has 2 unspecified atom stereocenters. The highest BCUT2D eigenvalue weighted by Gasteiger charge is 2.24. The summed E-state index contributed by atoms with van der Waals surface area (Å²) < 4.78 is 6.77. The normalized spacial score (nSPS) is 22.4. The Balaban J connectivity index is 2.06. The van der Waals surface area contributed by atoms with Crippen LogP contribution in [0.25, 0.3) is 0 Å². The lowest BCUT2D eigenvalue weighted by Gasteiger charge is -2.16. The fourth-order valence-electron chi connectivity index (χ4n) is 2.13. The Kier molecular flexibility index (Phi) is 4.61. The predicted molar refractivity (Wildman–Crippen MR) is 75.7 cm³/mol. The van der Waals surface area contributed by atoms with E-state index >= 15 is 0 Å². The van der Waals surface area contributed by atoms with Crippen LogP contribution in [0.4, 0.5) is 5.69 Å². The molecule has 1 N–H and O–H groups in total. The van der Waals surface area contributed by atoms with Crippen molar-refractivity contribution in [1.29, 1.82) is 0 Å². The molecule has 1 aliphatic heterocycles.